The maximum atomic E-state index is 12.4. The molecule has 0 saturated carbocycles. The van der Waals surface area contributed by atoms with Crippen LogP contribution in [0.1, 0.15) is 43.9 Å². The second-order valence-corrected chi connectivity index (χ2v) is 8.20. The number of phosphoric ester groups is 1. The monoisotopic (exact) mass is 395 g/mol. The van der Waals surface area contributed by atoms with Crippen LogP contribution in [0.25, 0.3) is 0 Å². The van der Waals surface area contributed by atoms with Crippen LogP contribution in [0.3, 0.4) is 0 Å². The highest BCUT2D eigenvalue weighted by molar-refractivity contribution is 7.44. The van der Waals surface area contributed by atoms with Crippen molar-refractivity contribution in [1.29, 1.82) is 5.26 Å². The fourth-order valence-corrected chi connectivity index (χ4v) is 3.78. The molecule has 1 fully saturated rings. The summed E-state index contributed by atoms with van der Waals surface area (Å²) in [5.41, 5.74) is 0.0893. The summed E-state index contributed by atoms with van der Waals surface area (Å²) in [4.78, 5) is 33.7. The molecule has 9 nitrogen and oxygen atoms in total. The van der Waals surface area contributed by atoms with Crippen molar-refractivity contribution in [2.45, 2.75) is 44.4 Å². The van der Waals surface area contributed by atoms with E-state index in [1.807, 2.05) is 0 Å². The fraction of sp³-hybridized carbons (Fsp3) is 0.529. The molecule has 1 amide bonds. The van der Waals surface area contributed by atoms with Gasteiger partial charge in [0.15, 0.2) is 6.79 Å². The summed E-state index contributed by atoms with van der Waals surface area (Å²) in [5, 5.41) is 9.23. The van der Waals surface area contributed by atoms with E-state index < -0.39 is 32.4 Å². The summed E-state index contributed by atoms with van der Waals surface area (Å²) in [6.07, 6.45) is 0.313. The number of phosphoric acid groups is 1. The number of ether oxygens (including phenoxy) is 2. The van der Waals surface area contributed by atoms with Gasteiger partial charge in [0.2, 0.25) is 5.91 Å². The van der Waals surface area contributed by atoms with Crippen LogP contribution in [0.4, 0.5) is 0 Å². The highest BCUT2D eigenvalue weighted by Gasteiger charge is 2.49. The molecule has 0 radical (unpaired) electrons. The van der Waals surface area contributed by atoms with Gasteiger partial charge in [0, 0.05) is 18.5 Å². The third-order valence-electron chi connectivity index (χ3n) is 4.71. The van der Waals surface area contributed by atoms with E-state index in [0.29, 0.717) is 36.3 Å². The molecular weight excluding hydrogens is 375 g/mol. The Balaban J connectivity index is 2.01. The lowest BCUT2D eigenvalue weighted by Crippen LogP contribution is -2.55. The minimum Gasteiger partial charge on any atom is -0.756 e. The van der Waals surface area contributed by atoms with Crippen LogP contribution in [-0.4, -0.2) is 40.7 Å². The smallest absolute Gasteiger partial charge is 0.267 e. The van der Waals surface area contributed by atoms with Crippen molar-refractivity contribution >= 4 is 13.7 Å². The van der Waals surface area contributed by atoms with Crippen LogP contribution >= 0.6 is 7.82 Å². The van der Waals surface area contributed by atoms with E-state index in [1.165, 1.54) is 0 Å². The van der Waals surface area contributed by atoms with E-state index in [-0.39, 0.29) is 5.91 Å². The van der Waals surface area contributed by atoms with E-state index in [9.17, 15) is 19.5 Å². The molecule has 0 aromatic heterocycles. The molecule has 3 unspecified atom stereocenters. The normalized spacial score (nSPS) is 26.0. The van der Waals surface area contributed by atoms with Crippen molar-refractivity contribution in [3.8, 4) is 11.8 Å². The molecule has 0 aliphatic carbocycles. The van der Waals surface area contributed by atoms with Crippen molar-refractivity contribution in [2.75, 3.05) is 13.3 Å². The van der Waals surface area contributed by atoms with Gasteiger partial charge in [0.05, 0.1) is 17.7 Å². The first-order valence-corrected chi connectivity index (χ1v) is 9.94. The molecule has 3 rings (SSSR count). The Kier molecular flexibility index (Phi) is 5.30. The number of benzene rings is 1. The van der Waals surface area contributed by atoms with Gasteiger partial charge in [-0.1, -0.05) is 0 Å². The summed E-state index contributed by atoms with van der Waals surface area (Å²) in [6.45, 7) is 3.29. The summed E-state index contributed by atoms with van der Waals surface area (Å²) < 4.78 is 26.8. The Morgan fingerprint density at radius 1 is 1.52 bits per heavy atom. The second-order valence-electron chi connectivity index (χ2n) is 7.01. The van der Waals surface area contributed by atoms with E-state index >= 15 is 0 Å². The van der Waals surface area contributed by atoms with Crippen LogP contribution in [-0.2, 0) is 18.6 Å². The van der Waals surface area contributed by atoms with Crippen molar-refractivity contribution in [1.82, 2.24) is 4.90 Å². The van der Waals surface area contributed by atoms with E-state index in [1.54, 1.807) is 36.9 Å². The number of fused-ring (bicyclic) bond motifs is 1. The second kappa shape index (κ2) is 7.23. The molecule has 1 N–H and O–H groups in total. The fourth-order valence-electron chi connectivity index (χ4n) is 3.58. The Labute approximate surface area is 156 Å². The van der Waals surface area contributed by atoms with Gasteiger partial charge in [0.1, 0.15) is 17.5 Å². The number of amides is 1. The lowest BCUT2D eigenvalue weighted by Gasteiger charge is -2.47. The van der Waals surface area contributed by atoms with Gasteiger partial charge in [-0.3, -0.25) is 13.9 Å². The number of rotatable bonds is 5. The predicted octanol–water partition coefficient (Wildman–Crippen LogP) is 1.21. The summed E-state index contributed by atoms with van der Waals surface area (Å²) in [6, 6.07) is 6.42. The first-order valence-electron chi connectivity index (χ1n) is 8.45. The quantitative estimate of drug-likeness (QED) is 0.581. The van der Waals surface area contributed by atoms with Crippen molar-refractivity contribution in [3.05, 3.63) is 29.3 Å². The average Bonchev–Trinajstić information content (AvgIpc) is 2.99. The van der Waals surface area contributed by atoms with Crippen LogP contribution in [0.2, 0.25) is 0 Å². The van der Waals surface area contributed by atoms with Crippen molar-refractivity contribution in [3.63, 3.8) is 0 Å². The highest BCUT2D eigenvalue weighted by atomic mass is 31.2. The zero-order chi connectivity index (χ0) is 19.8. The Morgan fingerprint density at radius 3 is 2.85 bits per heavy atom. The standard InChI is InChI=1S/C17H21N2O7P/c1-17(2)16(24-10-25-27(21,22)23)15(19-7-3-4-14(19)20)12-8-11(9-18)5-6-13(12)26-17/h5-6,8,15-16H,3-4,7,10H2,1-2H3,(H2,21,22,23)/p-1. The van der Waals surface area contributed by atoms with Gasteiger partial charge in [-0.2, -0.15) is 5.26 Å². The molecule has 10 heteroatoms. The lowest BCUT2D eigenvalue weighted by molar-refractivity contribution is -0.236. The Morgan fingerprint density at radius 2 is 2.26 bits per heavy atom. The van der Waals surface area contributed by atoms with Crippen LogP contribution in [0.5, 0.6) is 5.75 Å². The molecule has 1 aromatic carbocycles. The Bertz CT molecular complexity index is 829. The van der Waals surface area contributed by atoms with E-state index in [2.05, 4.69) is 10.6 Å². The molecule has 1 saturated heterocycles. The maximum absolute atomic E-state index is 12.4. The molecule has 2 heterocycles. The molecular formula is C17H20N2O7P-. The first-order chi connectivity index (χ1) is 12.6. The SMILES string of the molecule is CC1(C)Oc2ccc(C#N)cc2C(N2CCCC2=O)C1OCOP(=O)([O-])O. The van der Waals surface area contributed by atoms with E-state index in [4.69, 9.17) is 14.4 Å². The number of likely N-dealkylation sites (tertiary alicyclic amines) is 1. The number of nitriles is 1. The van der Waals surface area contributed by atoms with Crippen LogP contribution in [0.15, 0.2) is 18.2 Å². The molecule has 0 spiro atoms. The molecule has 0 bridgehead atoms. The zero-order valence-corrected chi connectivity index (χ0v) is 15.8. The van der Waals surface area contributed by atoms with Gasteiger partial charge < -0.3 is 24.2 Å². The lowest BCUT2D eigenvalue weighted by atomic mass is 9.85. The summed E-state index contributed by atoms with van der Waals surface area (Å²) in [5.74, 6) is 0.471. The van der Waals surface area contributed by atoms with Gasteiger partial charge in [0.25, 0.3) is 7.82 Å². The van der Waals surface area contributed by atoms with Gasteiger partial charge in [-0.05, 0) is 38.5 Å². The summed E-state index contributed by atoms with van der Waals surface area (Å²) in [7, 11) is -4.95. The molecule has 2 aliphatic heterocycles. The minimum atomic E-state index is -4.95. The number of hydrogen-bond acceptors (Lipinski definition) is 7. The Hall–Kier alpha value is -1.95. The largest absolute Gasteiger partial charge is 0.756 e. The minimum absolute atomic E-state index is 0.0582. The maximum Gasteiger partial charge on any atom is 0.267 e. The first kappa shape index (κ1) is 19.8. The van der Waals surface area contributed by atoms with E-state index in [0.717, 1.165) is 0 Å². The van der Waals surface area contributed by atoms with Crippen LogP contribution in [0, 0.1) is 11.3 Å². The molecule has 3 atom stereocenters. The third-order valence-corrected chi connectivity index (χ3v) is 5.14. The summed E-state index contributed by atoms with van der Waals surface area (Å²) >= 11 is 0. The zero-order valence-electron chi connectivity index (χ0n) is 15.0. The molecule has 1 aromatic rings. The van der Waals surface area contributed by atoms with Gasteiger partial charge >= 0.3 is 0 Å². The third kappa shape index (κ3) is 4.15. The number of hydrogen-bond donors (Lipinski definition) is 1. The average molecular weight is 395 g/mol. The number of carbonyl (C=O) groups excluding carboxylic acids is 1. The molecule has 2 aliphatic rings. The van der Waals surface area contributed by atoms with Crippen molar-refractivity contribution < 1.29 is 33.1 Å². The van der Waals surface area contributed by atoms with Gasteiger partial charge in [-0.15, -0.1) is 0 Å². The predicted molar refractivity (Wildman–Crippen MR) is 90.2 cm³/mol. The molecule has 146 valence electrons. The van der Waals surface area contributed by atoms with Crippen LogP contribution < -0.4 is 9.63 Å². The number of carbonyl (C=O) groups is 1. The van der Waals surface area contributed by atoms with Gasteiger partial charge in [-0.25, -0.2) is 0 Å². The highest BCUT2D eigenvalue weighted by Crippen LogP contribution is 2.46. The molecule has 27 heavy (non-hydrogen) atoms. The van der Waals surface area contributed by atoms with Crippen molar-refractivity contribution in [2.24, 2.45) is 0 Å². The number of nitrogens with zero attached hydrogens (tertiary/aromatic N) is 2. The topological polar surface area (TPSA) is 132 Å².